The van der Waals surface area contributed by atoms with Crippen molar-refractivity contribution >= 4 is 11.6 Å². The highest BCUT2D eigenvalue weighted by Crippen LogP contribution is 2.35. The molecule has 0 heterocycles. The molecule has 1 saturated carbocycles. The number of benzene rings is 1. The number of hydrogen-bond donors (Lipinski definition) is 0. The van der Waals surface area contributed by atoms with Crippen LogP contribution in [0.3, 0.4) is 0 Å². The summed E-state index contributed by atoms with van der Waals surface area (Å²) >= 11 is 5.87. The lowest BCUT2D eigenvalue weighted by atomic mass is 9.79. The van der Waals surface area contributed by atoms with Gasteiger partial charge in [-0.15, -0.1) is 0 Å². The van der Waals surface area contributed by atoms with Crippen molar-refractivity contribution in [3.8, 4) is 0 Å². The summed E-state index contributed by atoms with van der Waals surface area (Å²) in [5.74, 6) is 1.71. The molecule has 0 radical (unpaired) electrons. The van der Waals surface area contributed by atoms with Crippen molar-refractivity contribution in [2.24, 2.45) is 5.92 Å². The maximum atomic E-state index is 5.87. The van der Waals surface area contributed by atoms with Gasteiger partial charge in [-0.1, -0.05) is 57.3 Å². The minimum atomic E-state index is 0.781. The van der Waals surface area contributed by atoms with E-state index in [9.17, 15) is 0 Å². The SMILES string of the molecule is CC.CC1CCC(c2ccc(Cl)cc2)CC1. The zero-order valence-corrected chi connectivity index (χ0v) is 11.4. The Morgan fingerprint density at radius 1 is 0.938 bits per heavy atom. The van der Waals surface area contributed by atoms with Gasteiger partial charge in [0.2, 0.25) is 0 Å². The summed E-state index contributed by atoms with van der Waals surface area (Å²) in [6, 6.07) is 8.38. The van der Waals surface area contributed by atoms with E-state index in [0.717, 1.165) is 16.9 Å². The average molecular weight is 239 g/mol. The fraction of sp³-hybridized carbons (Fsp3) is 0.600. The first-order valence-electron chi connectivity index (χ1n) is 6.51. The van der Waals surface area contributed by atoms with Crippen molar-refractivity contribution in [3.63, 3.8) is 0 Å². The molecule has 0 spiro atoms. The predicted octanol–water partition coefficient (Wildman–Crippen LogP) is 5.66. The Morgan fingerprint density at radius 3 is 1.94 bits per heavy atom. The molecule has 0 N–H and O–H groups in total. The first-order chi connectivity index (χ1) is 7.75. The molecule has 0 bridgehead atoms. The highest BCUT2D eigenvalue weighted by Gasteiger charge is 2.19. The zero-order chi connectivity index (χ0) is 12.0. The lowest BCUT2D eigenvalue weighted by Crippen LogP contribution is -2.10. The Hall–Kier alpha value is -0.490. The molecule has 0 unspecified atom stereocenters. The number of halogens is 1. The monoisotopic (exact) mass is 238 g/mol. The van der Waals surface area contributed by atoms with E-state index < -0.39 is 0 Å². The topological polar surface area (TPSA) is 0 Å². The van der Waals surface area contributed by atoms with Gasteiger partial charge < -0.3 is 0 Å². The van der Waals surface area contributed by atoms with Crippen LogP contribution in [0.25, 0.3) is 0 Å². The van der Waals surface area contributed by atoms with Crippen molar-refractivity contribution in [2.45, 2.75) is 52.4 Å². The smallest absolute Gasteiger partial charge is 0.0406 e. The van der Waals surface area contributed by atoms with Crippen LogP contribution in [0.4, 0.5) is 0 Å². The van der Waals surface area contributed by atoms with E-state index in [-0.39, 0.29) is 0 Å². The first-order valence-corrected chi connectivity index (χ1v) is 6.89. The van der Waals surface area contributed by atoms with Crippen molar-refractivity contribution in [1.29, 1.82) is 0 Å². The molecular weight excluding hydrogens is 216 g/mol. The van der Waals surface area contributed by atoms with E-state index in [1.165, 1.54) is 31.2 Å². The lowest BCUT2D eigenvalue weighted by Gasteiger charge is -2.26. The largest absolute Gasteiger partial charge is 0.0843 e. The molecular formula is C15H23Cl. The molecule has 0 atom stereocenters. The van der Waals surface area contributed by atoms with E-state index in [0.29, 0.717) is 0 Å². The summed E-state index contributed by atoms with van der Waals surface area (Å²) in [4.78, 5) is 0. The maximum Gasteiger partial charge on any atom is 0.0406 e. The van der Waals surface area contributed by atoms with Gasteiger partial charge in [0.05, 0.1) is 0 Å². The van der Waals surface area contributed by atoms with Crippen LogP contribution in [0.15, 0.2) is 24.3 Å². The van der Waals surface area contributed by atoms with Gasteiger partial charge in [0.1, 0.15) is 0 Å². The second-order valence-electron chi connectivity index (χ2n) is 4.51. The molecule has 16 heavy (non-hydrogen) atoms. The Labute approximate surface area is 105 Å². The number of hydrogen-bond acceptors (Lipinski definition) is 0. The Kier molecular flexibility index (Phi) is 5.90. The van der Waals surface area contributed by atoms with Crippen LogP contribution >= 0.6 is 11.6 Å². The van der Waals surface area contributed by atoms with Crippen molar-refractivity contribution in [1.82, 2.24) is 0 Å². The van der Waals surface area contributed by atoms with E-state index >= 15 is 0 Å². The quantitative estimate of drug-likeness (QED) is 0.592. The second-order valence-corrected chi connectivity index (χ2v) is 4.94. The molecule has 1 aliphatic carbocycles. The molecule has 1 fully saturated rings. The van der Waals surface area contributed by atoms with Crippen molar-refractivity contribution in [2.75, 3.05) is 0 Å². The fourth-order valence-electron chi connectivity index (χ4n) is 2.33. The Balaban J connectivity index is 0.000000606. The zero-order valence-electron chi connectivity index (χ0n) is 10.7. The minimum Gasteiger partial charge on any atom is -0.0843 e. The summed E-state index contributed by atoms with van der Waals surface area (Å²) in [6.45, 7) is 6.36. The predicted molar refractivity (Wildman–Crippen MR) is 73.2 cm³/mol. The van der Waals surface area contributed by atoms with Crippen LogP contribution in [0, 0.1) is 5.92 Å². The average Bonchev–Trinajstić information content (AvgIpc) is 2.34. The van der Waals surface area contributed by atoms with E-state index in [1.54, 1.807) is 0 Å². The summed E-state index contributed by atoms with van der Waals surface area (Å²) in [7, 11) is 0. The van der Waals surface area contributed by atoms with Gasteiger partial charge in [-0.25, -0.2) is 0 Å². The molecule has 0 aromatic heterocycles. The molecule has 1 aromatic carbocycles. The third-order valence-corrected chi connectivity index (χ3v) is 3.61. The molecule has 1 heteroatoms. The Morgan fingerprint density at radius 2 is 1.44 bits per heavy atom. The molecule has 1 aromatic rings. The van der Waals surface area contributed by atoms with Crippen LogP contribution in [0.1, 0.15) is 57.9 Å². The van der Waals surface area contributed by atoms with Gasteiger partial charge in [0.25, 0.3) is 0 Å². The third-order valence-electron chi connectivity index (χ3n) is 3.36. The first kappa shape index (κ1) is 13.6. The molecule has 0 amide bonds. The maximum absolute atomic E-state index is 5.87. The van der Waals surface area contributed by atoms with Crippen LogP contribution in [0.2, 0.25) is 5.02 Å². The third kappa shape index (κ3) is 3.83. The van der Waals surface area contributed by atoms with Crippen LogP contribution < -0.4 is 0 Å². The normalized spacial score (nSPS) is 24.5. The summed E-state index contributed by atoms with van der Waals surface area (Å²) in [6.07, 6.45) is 5.46. The van der Waals surface area contributed by atoms with Crippen molar-refractivity contribution in [3.05, 3.63) is 34.9 Å². The van der Waals surface area contributed by atoms with Gasteiger partial charge in [0, 0.05) is 5.02 Å². The van der Waals surface area contributed by atoms with Crippen LogP contribution in [-0.4, -0.2) is 0 Å². The van der Waals surface area contributed by atoms with Crippen molar-refractivity contribution < 1.29 is 0 Å². The fourth-order valence-corrected chi connectivity index (χ4v) is 2.45. The van der Waals surface area contributed by atoms with Gasteiger partial charge in [-0.3, -0.25) is 0 Å². The van der Waals surface area contributed by atoms with Crippen LogP contribution in [-0.2, 0) is 0 Å². The minimum absolute atomic E-state index is 0.781. The van der Waals surface area contributed by atoms with E-state index in [4.69, 9.17) is 11.6 Å². The second kappa shape index (κ2) is 6.96. The molecule has 90 valence electrons. The summed E-state index contributed by atoms with van der Waals surface area (Å²) in [5, 5.41) is 0.845. The Bertz CT molecular complexity index is 281. The standard InChI is InChI=1S/C13H17Cl.C2H6/c1-10-2-4-11(5-3-10)12-6-8-13(14)9-7-12;1-2/h6-11H,2-5H2,1H3;1-2H3. The highest BCUT2D eigenvalue weighted by atomic mass is 35.5. The van der Waals surface area contributed by atoms with E-state index in [1.807, 2.05) is 26.0 Å². The van der Waals surface area contributed by atoms with Gasteiger partial charge in [0.15, 0.2) is 0 Å². The highest BCUT2D eigenvalue weighted by molar-refractivity contribution is 6.30. The van der Waals surface area contributed by atoms with Crippen LogP contribution in [0.5, 0.6) is 0 Å². The number of rotatable bonds is 1. The lowest BCUT2D eigenvalue weighted by molar-refractivity contribution is 0.348. The summed E-state index contributed by atoms with van der Waals surface area (Å²) < 4.78 is 0. The molecule has 0 nitrogen and oxygen atoms in total. The van der Waals surface area contributed by atoms with Gasteiger partial charge >= 0.3 is 0 Å². The molecule has 0 aliphatic heterocycles. The molecule has 2 rings (SSSR count). The van der Waals surface area contributed by atoms with Gasteiger partial charge in [-0.2, -0.15) is 0 Å². The molecule has 0 saturated heterocycles. The molecule has 1 aliphatic rings. The van der Waals surface area contributed by atoms with E-state index in [2.05, 4.69) is 19.1 Å². The van der Waals surface area contributed by atoms with Gasteiger partial charge in [-0.05, 0) is 42.4 Å². The summed E-state index contributed by atoms with van der Waals surface area (Å²) in [5.41, 5.74) is 1.47.